The first-order valence-electron chi connectivity index (χ1n) is 12.8. The molecule has 0 spiro atoms. The largest absolute Gasteiger partial charge is 0.383 e. The van der Waals surface area contributed by atoms with E-state index in [1.807, 2.05) is 45.8 Å². The number of nitrogens with zero attached hydrogens (tertiary/aromatic N) is 5. The molecule has 0 atom stereocenters. The van der Waals surface area contributed by atoms with Crippen LogP contribution in [0.15, 0.2) is 65.8 Å². The van der Waals surface area contributed by atoms with Crippen LogP contribution in [0.3, 0.4) is 0 Å². The van der Waals surface area contributed by atoms with Gasteiger partial charge < -0.3 is 20.9 Å². The number of nitrogen functional groups attached to an aromatic ring is 1. The van der Waals surface area contributed by atoms with Gasteiger partial charge in [-0.2, -0.15) is 0 Å². The van der Waals surface area contributed by atoms with Gasteiger partial charge in [-0.15, -0.1) is 0 Å². The zero-order valence-electron chi connectivity index (χ0n) is 20.9. The molecule has 1 saturated heterocycles. The molecule has 5 heterocycles. The maximum absolute atomic E-state index is 15.6. The van der Waals surface area contributed by atoms with Gasteiger partial charge >= 0.3 is 0 Å². The number of amides is 1. The fourth-order valence-corrected chi connectivity index (χ4v) is 5.59. The van der Waals surface area contributed by atoms with Gasteiger partial charge in [-0.3, -0.25) is 14.3 Å². The zero-order chi connectivity index (χ0) is 26.7. The van der Waals surface area contributed by atoms with E-state index in [9.17, 15) is 9.59 Å². The van der Waals surface area contributed by atoms with E-state index >= 15 is 4.39 Å². The summed E-state index contributed by atoms with van der Waals surface area (Å²) in [6.07, 6.45) is 4.72. The first kappa shape index (κ1) is 23.4. The molecule has 196 valence electrons. The summed E-state index contributed by atoms with van der Waals surface area (Å²) in [5.41, 5.74) is 9.07. The Hall–Kier alpha value is -4.77. The Bertz CT molecular complexity index is 1820. The molecule has 39 heavy (non-hydrogen) atoms. The lowest BCUT2D eigenvalue weighted by Crippen LogP contribution is -2.43. The van der Waals surface area contributed by atoms with Crippen LogP contribution in [-0.2, 0) is 13.0 Å². The van der Waals surface area contributed by atoms with Crippen molar-refractivity contribution >= 4 is 28.4 Å². The second-order valence-electron chi connectivity index (χ2n) is 9.87. The molecule has 1 amide bonds. The maximum atomic E-state index is 15.6. The summed E-state index contributed by atoms with van der Waals surface area (Å²) in [6, 6.07) is 13.9. The number of benzene rings is 2. The van der Waals surface area contributed by atoms with Crippen LogP contribution in [0.4, 0.5) is 15.9 Å². The average Bonchev–Trinajstić information content (AvgIpc) is 3.57. The maximum Gasteiger partial charge on any atom is 0.284 e. The van der Waals surface area contributed by atoms with Crippen LogP contribution >= 0.6 is 0 Å². The van der Waals surface area contributed by atoms with Gasteiger partial charge in [0.25, 0.3) is 11.5 Å². The molecule has 0 bridgehead atoms. The van der Waals surface area contributed by atoms with Gasteiger partial charge in [0, 0.05) is 42.6 Å². The van der Waals surface area contributed by atoms with Crippen molar-refractivity contribution in [3.8, 4) is 16.8 Å². The molecule has 1 fully saturated rings. The molecule has 3 aromatic heterocycles. The normalized spacial score (nSPS) is 14.9. The number of carbonyl (C=O) groups excluding carboxylic acids is 1. The number of nitrogens with one attached hydrogen (secondary N) is 2. The van der Waals surface area contributed by atoms with Gasteiger partial charge in [-0.05, 0) is 43.2 Å². The minimum atomic E-state index is -0.556. The van der Waals surface area contributed by atoms with Gasteiger partial charge in [-0.25, -0.2) is 19.0 Å². The number of rotatable bonds is 5. The van der Waals surface area contributed by atoms with Gasteiger partial charge in [0.05, 0.1) is 22.8 Å². The van der Waals surface area contributed by atoms with Crippen molar-refractivity contribution in [2.45, 2.75) is 25.4 Å². The minimum Gasteiger partial charge on any atom is -0.383 e. The van der Waals surface area contributed by atoms with Crippen molar-refractivity contribution in [3.63, 3.8) is 0 Å². The number of hydrogen-bond acceptors (Lipinski definition) is 6. The number of anilines is 2. The molecule has 4 N–H and O–H groups in total. The van der Waals surface area contributed by atoms with Crippen LogP contribution in [0.25, 0.3) is 27.8 Å². The molecule has 0 radical (unpaired) electrons. The van der Waals surface area contributed by atoms with Crippen LogP contribution in [0.5, 0.6) is 0 Å². The average molecular weight is 525 g/mol. The first-order valence-corrected chi connectivity index (χ1v) is 12.8. The third-order valence-electron chi connectivity index (χ3n) is 7.57. The molecule has 11 heteroatoms. The van der Waals surface area contributed by atoms with Crippen molar-refractivity contribution in [1.82, 2.24) is 29.2 Å². The third kappa shape index (κ3) is 3.65. The van der Waals surface area contributed by atoms with Gasteiger partial charge in [0.1, 0.15) is 29.2 Å². The predicted octanol–water partition coefficient (Wildman–Crippen LogP) is 3.11. The van der Waals surface area contributed by atoms with Crippen LogP contribution in [0.2, 0.25) is 0 Å². The zero-order valence-corrected chi connectivity index (χ0v) is 20.9. The minimum absolute atomic E-state index is 0.0861. The predicted molar refractivity (Wildman–Crippen MR) is 146 cm³/mol. The van der Waals surface area contributed by atoms with Crippen molar-refractivity contribution in [2.24, 2.45) is 0 Å². The van der Waals surface area contributed by atoms with E-state index in [1.54, 1.807) is 16.8 Å². The molecule has 2 aromatic carbocycles. The summed E-state index contributed by atoms with van der Waals surface area (Å²) in [4.78, 5) is 35.2. The van der Waals surface area contributed by atoms with Crippen LogP contribution in [-0.4, -0.2) is 42.9 Å². The van der Waals surface area contributed by atoms with E-state index in [2.05, 4.69) is 20.6 Å². The fraction of sp³-hybridized carbons (Fsp3) is 0.214. The highest BCUT2D eigenvalue weighted by Crippen LogP contribution is 2.37. The monoisotopic (exact) mass is 524 g/mol. The quantitative estimate of drug-likeness (QED) is 0.325. The second kappa shape index (κ2) is 8.91. The number of nitrogens with two attached hydrogens (primary N) is 1. The van der Waals surface area contributed by atoms with E-state index < -0.39 is 11.7 Å². The second-order valence-corrected chi connectivity index (χ2v) is 9.87. The Labute approximate surface area is 221 Å². The number of para-hydroxylation sites is 1. The Balaban J connectivity index is 1.23. The van der Waals surface area contributed by atoms with Crippen molar-refractivity contribution in [1.29, 1.82) is 0 Å². The summed E-state index contributed by atoms with van der Waals surface area (Å²) in [5.74, 6) is -0.820. The Morgan fingerprint density at radius 2 is 1.92 bits per heavy atom. The lowest BCUT2D eigenvalue weighted by molar-refractivity contribution is 0.102. The molecular weight excluding hydrogens is 499 g/mol. The molecule has 2 aliphatic rings. The highest BCUT2D eigenvalue weighted by molar-refractivity contribution is 6.05. The molecule has 0 saturated carbocycles. The molecule has 2 aliphatic heterocycles. The lowest BCUT2D eigenvalue weighted by atomic mass is 10.0. The van der Waals surface area contributed by atoms with Crippen molar-refractivity contribution < 1.29 is 9.18 Å². The summed E-state index contributed by atoms with van der Waals surface area (Å²) < 4.78 is 21.0. The van der Waals surface area contributed by atoms with E-state index in [1.165, 1.54) is 12.4 Å². The smallest absolute Gasteiger partial charge is 0.284 e. The topological polar surface area (TPSA) is 125 Å². The molecule has 5 aromatic rings. The summed E-state index contributed by atoms with van der Waals surface area (Å²) in [7, 11) is 0. The van der Waals surface area contributed by atoms with Crippen LogP contribution < -0.4 is 21.9 Å². The molecule has 10 nitrogen and oxygen atoms in total. The summed E-state index contributed by atoms with van der Waals surface area (Å²) in [5, 5.41) is 6.56. The van der Waals surface area contributed by atoms with Gasteiger partial charge in [0.15, 0.2) is 0 Å². The van der Waals surface area contributed by atoms with Crippen LogP contribution in [0, 0.1) is 5.82 Å². The standard InChI is InChI=1S/C28H25FN8O2/c29-21-11-16(8-9-19(21)20-14-35(18-12-31-13-18)26-23(20)25(30)32-15-33-26)34-27(38)24-22-7-4-10-36(22)37(28(24)39)17-5-2-1-3-6-17/h1-3,5-6,8-9,11,14-15,18,31H,4,7,10,12-13H2,(H,34,38)(H2,30,32,33). The first-order chi connectivity index (χ1) is 19.0. The Morgan fingerprint density at radius 3 is 2.67 bits per heavy atom. The van der Waals surface area contributed by atoms with E-state index in [0.29, 0.717) is 46.5 Å². The van der Waals surface area contributed by atoms with Crippen molar-refractivity contribution in [2.75, 3.05) is 24.1 Å². The fourth-order valence-electron chi connectivity index (χ4n) is 5.59. The Kier molecular flexibility index (Phi) is 5.34. The number of fused-ring (bicyclic) bond motifs is 2. The van der Waals surface area contributed by atoms with Crippen LogP contribution in [0.1, 0.15) is 28.5 Å². The van der Waals surface area contributed by atoms with Crippen molar-refractivity contribution in [3.05, 3.63) is 88.5 Å². The molecule has 0 unspecified atom stereocenters. The third-order valence-corrected chi connectivity index (χ3v) is 7.57. The molecular formula is C28H25FN8O2. The lowest BCUT2D eigenvalue weighted by Gasteiger charge is -2.28. The number of carbonyl (C=O) groups is 1. The molecule has 0 aliphatic carbocycles. The SMILES string of the molecule is Nc1ncnc2c1c(-c1ccc(NC(=O)c3c4n(n(-c5ccccc5)c3=O)CCC4)cc1F)cn2C1CNC1. The Morgan fingerprint density at radius 1 is 1.10 bits per heavy atom. The van der Waals surface area contributed by atoms with Gasteiger partial charge in [0.2, 0.25) is 0 Å². The summed E-state index contributed by atoms with van der Waals surface area (Å²) >= 11 is 0. The number of aromatic nitrogens is 5. The van der Waals surface area contributed by atoms with E-state index in [4.69, 9.17) is 5.73 Å². The van der Waals surface area contributed by atoms with E-state index in [-0.39, 0.29) is 28.7 Å². The highest BCUT2D eigenvalue weighted by atomic mass is 19.1. The molecule has 7 rings (SSSR count). The van der Waals surface area contributed by atoms with E-state index in [0.717, 1.165) is 19.5 Å². The number of hydrogen-bond donors (Lipinski definition) is 3. The summed E-state index contributed by atoms with van der Waals surface area (Å²) in [6.45, 7) is 2.22. The van der Waals surface area contributed by atoms with Gasteiger partial charge in [-0.1, -0.05) is 18.2 Å². The number of halogens is 1. The highest BCUT2D eigenvalue weighted by Gasteiger charge is 2.29.